The summed E-state index contributed by atoms with van der Waals surface area (Å²) in [6, 6.07) is 9.24. The number of nitrogens with two attached hydrogens (primary N) is 1. The van der Waals surface area contributed by atoms with Crippen LogP contribution in [0.3, 0.4) is 0 Å². The Labute approximate surface area is 183 Å². The van der Waals surface area contributed by atoms with Crippen molar-refractivity contribution in [3.8, 4) is 11.1 Å². The van der Waals surface area contributed by atoms with Crippen LogP contribution >= 0.6 is 11.3 Å². The van der Waals surface area contributed by atoms with E-state index in [1.807, 2.05) is 6.92 Å². The molecule has 11 heteroatoms. The molecule has 2 amide bonds. The summed E-state index contributed by atoms with van der Waals surface area (Å²) in [5.41, 5.74) is 5.26. The predicted octanol–water partition coefficient (Wildman–Crippen LogP) is 4.55. The van der Waals surface area contributed by atoms with E-state index in [1.54, 1.807) is 35.0 Å². The smallest absolute Gasteiger partial charge is 0.365 e. The van der Waals surface area contributed by atoms with Crippen molar-refractivity contribution in [1.29, 1.82) is 0 Å². The van der Waals surface area contributed by atoms with Crippen molar-refractivity contribution in [3.05, 3.63) is 64.9 Å². The highest BCUT2D eigenvalue weighted by molar-refractivity contribution is 7.21. The van der Waals surface area contributed by atoms with Crippen molar-refractivity contribution >= 4 is 39.1 Å². The van der Waals surface area contributed by atoms with Gasteiger partial charge in [-0.2, -0.15) is 18.3 Å². The maximum atomic E-state index is 13.5. The lowest BCUT2D eigenvalue weighted by molar-refractivity contribution is -0.140. The Balaban J connectivity index is 1.95. The number of rotatable bonds is 5. The van der Waals surface area contributed by atoms with E-state index in [9.17, 15) is 22.8 Å². The molecule has 0 saturated carbocycles. The number of anilines is 1. The van der Waals surface area contributed by atoms with Gasteiger partial charge in [-0.05, 0) is 24.1 Å². The van der Waals surface area contributed by atoms with Crippen LogP contribution in [-0.4, -0.2) is 26.6 Å². The average molecular weight is 459 g/mol. The normalized spacial score (nSPS) is 11.6. The van der Waals surface area contributed by atoms with E-state index in [0.717, 1.165) is 6.07 Å². The van der Waals surface area contributed by atoms with Gasteiger partial charge in [0.1, 0.15) is 15.4 Å². The third kappa shape index (κ3) is 3.94. The number of halogens is 3. The number of primary amides is 1. The summed E-state index contributed by atoms with van der Waals surface area (Å²) in [4.78, 5) is 28.5. The molecule has 0 aliphatic carbocycles. The van der Waals surface area contributed by atoms with Crippen LogP contribution in [0.25, 0.3) is 21.3 Å². The molecule has 0 aliphatic heterocycles. The SMILES string of the molecule is CCn1cc(C(=O)Nc2c(C(N)=O)sc3nc(C(F)(F)F)cc(-c4ccccc4)c23)cn1. The van der Waals surface area contributed by atoms with Gasteiger partial charge in [0.15, 0.2) is 0 Å². The molecule has 3 heterocycles. The first-order valence-corrected chi connectivity index (χ1v) is 10.2. The van der Waals surface area contributed by atoms with Crippen molar-refractivity contribution in [1.82, 2.24) is 14.8 Å². The van der Waals surface area contributed by atoms with Crippen LogP contribution in [-0.2, 0) is 12.7 Å². The van der Waals surface area contributed by atoms with Gasteiger partial charge in [0.25, 0.3) is 11.8 Å². The van der Waals surface area contributed by atoms with Crippen LogP contribution in [0.1, 0.15) is 32.6 Å². The number of amides is 2. The van der Waals surface area contributed by atoms with Gasteiger partial charge in [-0.1, -0.05) is 30.3 Å². The third-order valence-electron chi connectivity index (χ3n) is 4.72. The quantitative estimate of drug-likeness (QED) is 0.457. The van der Waals surface area contributed by atoms with E-state index in [1.165, 1.54) is 12.4 Å². The van der Waals surface area contributed by atoms with Gasteiger partial charge < -0.3 is 11.1 Å². The van der Waals surface area contributed by atoms with Gasteiger partial charge in [0.05, 0.1) is 17.4 Å². The number of nitrogens with zero attached hydrogens (tertiary/aromatic N) is 3. The molecule has 4 aromatic rings. The van der Waals surface area contributed by atoms with Gasteiger partial charge in [-0.15, -0.1) is 11.3 Å². The van der Waals surface area contributed by atoms with Crippen LogP contribution in [0.4, 0.5) is 18.9 Å². The van der Waals surface area contributed by atoms with E-state index in [4.69, 9.17) is 5.73 Å². The first-order chi connectivity index (χ1) is 15.2. The van der Waals surface area contributed by atoms with E-state index in [-0.39, 0.29) is 31.9 Å². The summed E-state index contributed by atoms with van der Waals surface area (Å²) < 4.78 is 42.1. The highest BCUT2D eigenvalue weighted by Crippen LogP contribution is 2.43. The molecule has 32 heavy (non-hydrogen) atoms. The Morgan fingerprint density at radius 1 is 1.22 bits per heavy atom. The van der Waals surface area contributed by atoms with Crippen molar-refractivity contribution in [2.24, 2.45) is 5.73 Å². The fraction of sp³-hybridized carbons (Fsp3) is 0.143. The zero-order chi connectivity index (χ0) is 23.0. The van der Waals surface area contributed by atoms with E-state index < -0.39 is 23.7 Å². The van der Waals surface area contributed by atoms with Gasteiger partial charge in [0, 0.05) is 18.1 Å². The molecule has 0 atom stereocenters. The molecule has 0 radical (unpaired) electrons. The van der Waals surface area contributed by atoms with Gasteiger partial charge in [-0.25, -0.2) is 4.98 Å². The molecule has 0 spiro atoms. The van der Waals surface area contributed by atoms with Crippen molar-refractivity contribution in [2.45, 2.75) is 19.6 Å². The Morgan fingerprint density at radius 3 is 2.53 bits per heavy atom. The fourth-order valence-corrected chi connectivity index (χ4v) is 4.23. The predicted molar refractivity (Wildman–Crippen MR) is 114 cm³/mol. The summed E-state index contributed by atoms with van der Waals surface area (Å²) in [6.45, 7) is 2.39. The van der Waals surface area contributed by atoms with Crippen LogP contribution in [0.2, 0.25) is 0 Å². The number of thiophene rings is 1. The number of aryl methyl sites for hydroxylation is 1. The van der Waals surface area contributed by atoms with Crippen molar-refractivity contribution in [2.75, 3.05) is 5.32 Å². The number of hydrogen-bond acceptors (Lipinski definition) is 5. The summed E-state index contributed by atoms with van der Waals surface area (Å²) in [6.07, 6.45) is -1.83. The molecule has 7 nitrogen and oxygen atoms in total. The maximum Gasteiger partial charge on any atom is 0.433 e. The fourth-order valence-electron chi connectivity index (χ4n) is 3.22. The third-order valence-corrected chi connectivity index (χ3v) is 5.82. The van der Waals surface area contributed by atoms with Crippen LogP contribution < -0.4 is 11.1 Å². The van der Waals surface area contributed by atoms with Crippen LogP contribution in [0.15, 0.2) is 48.8 Å². The van der Waals surface area contributed by atoms with Gasteiger partial charge in [0.2, 0.25) is 0 Å². The second-order valence-corrected chi connectivity index (χ2v) is 7.81. The molecule has 0 aliphatic rings. The topological polar surface area (TPSA) is 103 Å². The van der Waals surface area contributed by atoms with E-state index in [2.05, 4.69) is 15.4 Å². The number of carbonyl (C=O) groups is 2. The molecule has 0 unspecified atom stereocenters. The largest absolute Gasteiger partial charge is 0.433 e. The number of hydrogen-bond donors (Lipinski definition) is 2. The molecule has 164 valence electrons. The standard InChI is InChI=1S/C21H16F3N5O2S/c1-2-29-10-12(9-26-29)19(31)28-16-15-13(11-6-4-3-5-7-11)8-14(21(22,23)24)27-20(15)32-17(16)18(25)30/h3-10H,2H2,1H3,(H2,25,30)(H,28,31). The molecular weight excluding hydrogens is 443 g/mol. The lowest BCUT2D eigenvalue weighted by Crippen LogP contribution is -2.16. The molecule has 0 fully saturated rings. The number of pyridine rings is 1. The summed E-state index contributed by atoms with van der Waals surface area (Å²) >= 11 is 0.697. The molecule has 3 N–H and O–H groups in total. The molecule has 0 bridgehead atoms. The minimum atomic E-state index is -4.70. The number of nitrogens with one attached hydrogen (secondary N) is 1. The minimum Gasteiger partial charge on any atom is -0.365 e. The summed E-state index contributed by atoms with van der Waals surface area (Å²) in [7, 11) is 0. The highest BCUT2D eigenvalue weighted by atomic mass is 32.1. The zero-order valence-corrected chi connectivity index (χ0v) is 17.4. The zero-order valence-electron chi connectivity index (χ0n) is 16.6. The average Bonchev–Trinajstić information content (AvgIpc) is 3.38. The van der Waals surface area contributed by atoms with Crippen molar-refractivity contribution < 1.29 is 22.8 Å². The van der Waals surface area contributed by atoms with Gasteiger partial charge in [-0.3, -0.25) is 14.3 Å². The Bertz CT molecular complexity index is 1330. The summed E-state index contributed by atoms with van der Waals surface area (Å²) in [5, 5.41) is 6.88. The number of aromatic nitrogens is 3. The number of carbonyl (C=O) groups excluding carboxylic acids is 2. The van der Waals surface area contributed by atoms with E-state index in [0.29, 0.717) is 23.4 Å². The number of alkyl halides is 3. The lowest BCUT2D eigenvalue weighted by atomic mass is 10.0. The second kappa shape index (κ2) is 8.08. The number of fused-ring (bicyclic) bond motifs is 1. The van der Waals surface area contributed by atoms with Crippen molar-refractivity contribution in [3.63, 3.8) is 0 Å². The lowest BCUT2D eigenvalue weighted by Gasteiger charge is -2.12. The van der Waals surface area contributed by atoms with Gasteiger partial charge >= 0.3 is 6.18 Å². The molecular formula is C21H16F3N5O2S. The highest BCUT2D eigenvalue weighted by Gasteiger charge is 2.35. The molecule has 4 rings (SSSR count). The first-order valence-electron chi connectivity index (χ1n) is 9.42. The first kappa shape index (κ1) is 21.5. The Hall–Kier alpha value is -3.73. The minimum absolute atomic E-state index is 0.0202. The Morgan fingerprint density at radius 2 is 1.94 bits per heavy atom. The maximum absolute atomic E-state index is 13.5. The second-order valence-electron chi connectivity index (χ2n) is 6.81. The number of benzene rings is 1. The summed E-state index contributed by atoms with van der Waals surface area (Å²) in [5.74, 6) is -1.47. The van der Waals surface area contributed by atoms with Crippen LogP contribution in [0.5, 0.6) is 0 Å². The monoisotopic (exact) mass is 459 g/mol. The van der Waals surface area contributed by atoms with E-state index >= 15 is 0 Å². The molecule has 1 aromatic carbocycles. The molecule has 0 saturated heterocycles. The molecule has 3 aromatic heterocycles. The Kier molecular flexibility index (Phi) is 5.43. The van der Waals surface area contributed by atoms with Crippen LogP contribution in [0, 0.1) is 0 Å².